The average molecular weight is 384 g/mol. The van der Waals surface area contributed by atoms with Crippen molar-refractivity contribution >= 4 is 34.5 Å². The number of rotatable bonds is 4. The maximum absolute atomic E-state index is 14.1. The van der Waals surface area contributed by atoms with E-state index in [4.69, 9.17) is 4.74 Å². The molecular formula is C20H17FN2O3S. The summed E-state index contributed by atoms with van der Waals surface area (Å²) in [4.78, 5) is 29.5. The molecule has 1 fully saturated rings. The topological polar surface area (TPSA) is 62.4 Å². The third-order valence-corrected chi connectivity index (χ3v) is 5.76. The molecule has 138 valence electrons. The number of aromatic nitrogens is 1. The number of esters is 1. The highest BCUT2D eigenvalue weighted by Crippen LogP contribution is 2.38. The van der Waals surface area contributed by atoms with Crippen molar-refractivity contribution < 1.29 is 18.7 Å². The summed E-state index contributed by atoms with van der Waals surface area (Å²) < 4.78 is 19.3. The standard InChI is InChI=1S/C20H17FN2O3S/c21-16-7-3-1-6-14(16)19-23(9-10-27-19)18(24)12-26-20(25)15-11-22-17-8-4-2-5-13(15)17/h1-8,11,19,22H,9-10,12H2/t19-/m0/s1. The molecule has 1 aromatic heterocycles. The number of benzene rings is 2. The average Bonchev–Trinajstić information content (AvgIpc) is 3.33. The predicted molar refractivity (Wildman–Crippen MR) is 102 cm³/mol. The van der Waals surface area contributed by atoms with Gasteiger partial charge in [0.1, 0.15) is 11.2 Å². The van der Waals surface area contributed by atoms with Crippen molar-refractivity contribution in [3.63, 3.8) is 0 Å². The second-order valence-corrected chi connectivity index (χ2v) is 7.34. The Kier molecular flexibility index (Phi) is 4.85. The number of ether oxygens (including phenoxy) is 1. The van der Waals surface area contributed by atoms with Crippen molar-refractivity contribution in [2.24, 2.45) is 0 Å². The normalized spacial score (nSPS) is 16.6. The Morgan fingerprint density at radius 3 is 2.81 bits per heavy atom. The summed E-state index contributed by atoms with van der Waals surface area (Å²) in [6, 6.07) is 13.8. The molecule has 4 rings (SSSR count). The fraction of sp³-hybridized carbons (Fsp3) is 0.200. The number of aromatic amines is 1. The van der Waals surface area contributed by atoms with E-state index in [1.807, 2.05) is 24.3 Å². The molecule has 2 heterocycles. The lowest BCUT2D eigenvalue weighted by atomic mass is 10.2. The summed E-state index contributed by atoms with van der Waals surface area (Å²) in [5, 5.41) is 0.349. The summed E-state index contributed by atoms with van der Waals surface area (Å²) in [7, 11) is 0. The van der Waals surface area contributed by atoms with Gasteiger partial charge in [0, 0.05) is 35.0 Å². The number of carbonyl (C=O) groups excluding carboxylic acids is 2. The minimum absolute atomic E-state index is 0.332. The molecule has 1 aliphatic heterocycles. The molecule has 1 saturated heterocycles. The third-order valence-electron chi connectivity index (χ3n) is 4.52. The molecule has 1 N–H and O–H groups in total. The summed E-state index contributed by atoms with van der Waals surface area (Å²) in [6.45, 7) is 0.122. The molecule has 7 heteroatoms. The molecule has 0 spiro atoms. The first-order chi connectivity index (χ1) is 13.1. The highest BCUT2D eigenvalue weighted by Gasteiger charge is 2.32. The smallest absolute Gasteiger partial charge is 0.340 e. The van der Waals surface area contributed by atoms with E-state index in [-0.39, 0.29) is 18.3 Å². The van der Waals surface area contributed by atoms with Crippen LogP contribution in [0, 0.1) is 5.82 Å². The fourth-order valence-electron chi connectivity index (χ4n) is 3.19. The number of nitrogens with one attached hydrogen (secondary N) is 1. The van der Waals surface area contributed by atoms with Gasteiger partial charge in [-0.1, -0.05) is 36.4 Å². The van der Waals surface area contributed by atoms with Crippen molar-refractivity contribution in [3.05, 3.63) is 71.7 Å². The largest absolute Gasteiger partial charge is 0.452 e. The van der Waals surface area contributed by atoms with Crippen LogP contribution in [0.5, 0.6) is 0 Å². The van der Waals surface area contributed by atoms with E-state index in [9.17, 15) is 14.0 Å². The second-order valence-electron chi connectivity index (χ2n) is 6.16. The summed E-state index contributed by atoms with van der Waals surface area (Å²) in [6.07, 6.45) is 1.57. The molecule has 0 aliphatic carbocycles. The Morgan fingerprint density at radius 1 is 1.19 bits per heavy atom. The Balaban J connectivity index is 1.44. The van der Waals surface area contributed by atoms with Crippen molar-refractivity contribution in [3.8, 4) is 0 Å². The highest BCUT2D eigenvalue weighted by atomic mass is 32.2. The minimum atomic E-state index is -0.560. The van der Waals surface area contributed by atoms with Gasteiger partial charge in [-0.15, -0.1) is 11.8 Å². The number of carbonyl (C=O) groups is 2. The van der Waals surface area contributed by atoms with Gasteiger partial charge in [-0.25, -0.2) is 9.18 Å². The first-order valence-corrected chi connectivity index (χ1v) is 9.59. The van der Waals surface area contributed by atoms with Crippen molar-refractivity contribution in [1.82, 2.24) is 9.88 Å². The zero-order valence-corrected chi connectivity index (χ0v) is 15.2. The first kappa shape index (κ1) is 17.6. The van der Waals surface area contributed by atoms with Gasteiger partial charge in [0.05, 0.1) is 5.56 Å². The number of hydrogen-bond donors (Lipinski definition) is 1. The molecule has 0 saturated carbocycles. The van der Waals surface area contributed by atoms with Crippen LogP contribution in [0.2, 0.25) is 0 Å². The van der Waals surface area contributed by atoms with Crippen molar-refractivity contribution in [1.29, 1.82) is 0 Å². The Bertz CT molecular complexity index is 1000. The molecule has 3 aromatic rings. The van der Waals surface area contributed by atoms with Crippen LogP contribution in [0.1, 0.15) is 21.3 Å². The summed E-state index contributed by atoms with van der Waals surface area (Å²) in [5.74, 6) is -0.525. The molecule has 2 aromatic carbocycles. The molecule has 1 atom stereocenters. The lowest BCUT2D eigenvalue weighted by Crippen LogP contribution is -2.34. The molecular weight excluding hydrogens is 367 g/mol. The number of thioether (sulfide) groups is 1. The monoisotopic (exact) mass is 384 g/mol. The van der Waals surface area contributed by atoms with E-state index >= 15 is 0 Å². The number of para-hydroxylation sites is 1. The van der Waals surface area contributed by atoms with Crippen molar-refractivity contribution in [2.45, 2.75) is 5.37 Å². The van der Waals surface area contributed by atoms with E-state index in [0.29, 0.717) is 23.4 Å². The zero-order chi connectivity index (χ0) is 18.8. The predicted octanol–water partition coefficient (Wildman–Crippen LogP) is 3.74. The Morgan fingerprint density at radius 2 is 1.96 bits per heavy atom. The number of nitrogens with zero attached hydrogens (tertiary/aromatic N) is 1. The van der Waals surface area contributed by atoms with Gasteiger partial charge < -0.3 is 14.6 Å². The van der Waals surface area contributed by atoms with Gasteiger partial charge in [-0.2, -0.15) is 0 Å². The molecule has 0 radical (unpaired) electrons. The van der Waals surface area contributed by atoms with E-state index in [0.717, 1.165) is 10.9 Å². The van der Waals surface area contributed by atoms with Gasteiger partial charge in [-0.3, -0.25) is 4.79 Å². The maximum Gasteiger partial charge on any atom is 0.340 e. The SMILES string of the molecule is O=C(OCC(=O)N1CCS[C@H]1c1ccccc1F)c1c[nH]c2ccccc12. The fourth-order valence-corrected chi connectivity index (χ4v) is 4.49. The maximum atomic E-state index is 14.1. The van der Waals surface area contributed by atoms with Crippen LogP contribution < -0.4 is 0 Å². The molecule has 5 nitrogen and oxygen atoms in total. The van der Waals surface area contributed by atoms with Crippen LogP contribution >= 0.6 is 11.8 Å². The molecule has 27 heavy (non-hydrogen) atoms. The lowest BCUT2D eigenvalue weighted by Gasteiger charge is -2.24. The van der Waals surface area contributed by atoms with Crippen LogP contribution in [0.3, 0.4) is 0 Å². The molecule has 0 bridgehead atoms. The third kappa shape index (κ3) is 3.42. The van der Waals surface area contributed by atoms with Crippen LogP contribution in [-0.2, 0) is 9.53 Å². The van der Waals surface area contributed by atoms with E-state index in [1.165, 1.54) is 17.8 Å². The van der Waals surface area contributed by atoms with Crippen LogP contribution in [0.15, 0.2) is 54.7 Å². The summed E-state index contributed by atoms with van der Waals surface area (Å²) in [5.41, 5.74) is 1.68. The van der Waals surface area contributed by atoms with Gasteiger partial charge in [0.25, 0.3) is 5.91 Å². The van der Waals surface area contributed by atoms with E-state index in [2.05, 4.69) is 4.98 Å². The first-order valence-electron chi connectivity index (χ1n) is 8.54. The van der Waals surface area contributed by atoms with Gasteiger partial charge >= 0.3 is 5.97 Å². The lowest BCUT2D eigenvalue weighted by molar-refractivity contribution is -0.134. The zero-order valence-electron chi connectivity index (χ0n) is 14.4. The van der Waals surface area contributed by atoms with Gasteiger partial charge in [0.2, 0.25) is 0 Å². The highest BCUT2D eigenvalue weighted by molar-refractivity contribution is 7.99. The van der Waals surface area contributed by atoms with Crippen LogP contribution in [0.4, 0.5) is 4.39 Å². The molecule has 1 aliphatic rings. The number of H-pyrrole nitrogens is 1. The number of hydrogen-bond acceptors (Lipinski definition) is 4. The summed E-state index contributed by atoms with van der Waals surface area (Å²) >= 11 is 1.50. The Hall–Kier alpha value is -2.80. The number of halogens is 1. The molecule has 0 unspecified atom stereocenters. The van der Waals surface area contributed by atoms with Gasteiger partial charge in [0.15, 0.2) is 6.61 Å². The van der Waals surface area contributed by atoms with Crippen molar-refractivity contribution in [2.75, 3.05) is 18.9 Å². The minimum Gasteiger partial charge on any atom is -0.452 e. The molecule has 1 amide bonds. The van der Waals surface area contributed by atoms with Crippen LogP contribution in [-0.4, -0.2) is 40.7 Å². The van der Waals surface area contributed by atoms with E-state index in [1.54, 1.807) is 29.3 Å². The number of fused-ring (bicyclic) bond motifs is 1. The van der Waals surface area contributed by atoms with E-state index < -0.39 is 11.3 Å². The number of amides is 1. The van der Waals surface area contributed by atoms with Crippen LogP contribution in [0.25, 0.3) is 10.9 Å². The quantitative estimate of drug-likeness (QED) is 0.696. The van der Waals surface area contributed by atoms with Gasteiger partial charge in [-0.05, 0) is 12.1 Å². The Labute approximate surface area is 159 Å². The second kappa shape index (κ2) is 7.44.